The van der Waals surface area contributed by atoms with Crippen molar-refractivity contribution in [3.8, 4) is 5.75 Å². The highest BCUT2D eigenvalue weighted by molar-refractivity contribution is 6.03. The lowest BCUT2D eigenvalue weighted by Gasteiger charge is -2.08. The van der Waals surface area contributed by atoms with Crippen LogP contribution in [0.4, 0.5) is 15.9 Å². The van der Waals surface area contributed by atoms with Crippen LogP contribution < -0.4 is 15.4 Å². The first-order valence-electron chi connectivity index (χ1n) is 6.52. The van der Waals surface area contributed by atoms with Crippen LogP contribution in [0, 0.1) is 5.82 Å². The Morgan fingerprint density at radius 1 is 1.33 bits per heavy atom. The largest absolute Gasteiger partial charge is 0.491 e. The number of hydrogen-bond donors (Lipinski definition) is 2. The second kappa shape index (κ2) is 6.69. The molecule has 0 saturated carbocycles. The second-order valence-electron chi connectivity index (χ2n) is 4.19. The number of rotatable bonds is 5. The number of pyridine rings is 1. The first-order valence-corrected chi connectivity index (χ1v) is 6.52. The van der Waals surface area contributed by atoms with Gasteiger partial charge in [0.25, 0.3) is 5.91 Å². The molecule has 0 unspecified atom stereocenters. The first kappa shape index (κ1) is 14.8. The van der Waals surface area contributed by atoms with Gasteiger partial charge in [0.2, 0.25) is 0 Å². The quantitative estimate of drug-likeness (QED) is 0.888. The minimum atomic E-state index is -0.522. The summed E-state index contributed by atoms with van der Waals surface area (Å²) in [6.45, 7) is 2.15. The average Bonchev–Trinajstić information content (AvgIpc) is 2.50. The van der Waals surface area contributed by atoms with Gasteiger partial charge in [-0.3, -0.25) is 4.79 Å². The predicted octanol–water partition coefficient (Wildman–Crippen LogP) is 2.91. The highest BCUT2D eigenvalue weighted by Crippen LogP contribution is 2.21. The molecule has 0 aliphatic carbocycles. The van der Waals surface area contributed by atoms with E-state index in [1.54, 1.807) is 38.2 Å². The number of aromatic nitrogens is 1. The van der Waals surface area contributed by atoms with Crippen LogP contribution in [-0.4, -0.2) is 24.5 Å². The zero-order valence-electron chi connectivity index (χ0n) is 11.8. The molecule has 2 N–H and O–H groups in total. The maximum Gasteiger partial charge on any atom is 0.274 e. The van der Waals surface area contributed by atoms with Crippen LogP contribution in [0.25, 0.3) is 0 Å². The van der Waals surface area contributed by atoms with Gasteiger partial charge in [0.05, 0.1) is 6.61 Å². The van der Waals surface area contributed by atoms with Gasteiger partial charge in [0.1, 0.15) is 11.5 Å². The van der Waals surface area contributed by atoms with Gasteiger partial charge in [-0.15, -0.1) is 0 Å². The van der Waals surface area contributed by atoms with E-state index in [0.717, 1.165) is 0 Å². The van der Waals surface area contributed by atoms with Crippen molar-refractivity contribution in [3.63, 3.8) is 0 Å². The standard InChI is InChI=1S/C15H16FN3O2/c1-3-21-13-8-7-10(9-11(13)16)18-15(20)12-5-4-6-14(17-2)19-12/h4-9H,3H2,1-2H3,(H,17,19)(H,18,20). The zero-order chi connectivity index (χ0) is 15.2. The maximum atomic E-state index is 13.7. The van der Waals surface area contributed by atoms with Crippen molar-refractivity contribution in [3.05, 3.63) is 47.9 Å². The van der Waals surface area contributed by atoms with Crippen LogP contribution >= 0.6 is 0 Å². The van der Waals surface area contributed by atoms with Crippen molar-refractivity contribution in [1.29, 1.82) is 0 Å². The lowest BCUT2D eigenvalue weighted by atomic mass is 10.2. The summed E-state index contributed by atoms with van der Waals surface area (Å²) >= 11 is 0. The molecule has 0 bridgehead atoms. The van der Waals surface area contributed by atoms with E-state index in [-0.39, 0.29) is 11.4 Å². The number of amides is 1. The first-order chi connectivity index (χ1) is 10.1. The zero-order valence-corrected chi connectivity index (χ0v) is 11.8. The highest BCUT2D eigenvalue weighted by Gasteiger charge is 2.10. The third-order valence-corrected chi connectivity index (χ3v) is 2.73. The summed E-state index contributed by atoms with van der Waals surface area (Å²) in [5, 5.41) is 5.44. The molecule has 1 aromatic carbocycles. The molecule has 0 fully saturated rings. The Balaban J connectivity index is 2.13. The molecule has 0 aliphatic heterocycles. The lowest BCUT2D eigenvalue weighted by Crippen LogP contribution is -2.14. The molecule has 0 saturated heterocycles. The van der Waals surface area contributed by atoms with Crippen LogP contribution in [0.3, 0.4) is 0 Å². The molecular formula is C15H16FN3O2. The van der Waals surface area contributed by atoms with E-state index in [1.807, 2.05) is 0 Å². The smallest absolute Gasteiger partial charge is 0.274 e. The number of ether oxygens (including phenoxy) is 1. The number of nitrogens with zero attached hydrogens (tertiary/aromatic N) is 1. The van der Waals surface area contributed by atoms with Gasteiger partial charge >= 0.3 is 0 Å². The van der Waals surface area contributed by atoms with E-state index in [4.69, 9.17) is 4.74 Å². The fraction of sp³-hybridized carbons (Fsp3) is 0.200. The Morgan fingerprint density at radius 2 is 2.14 bits per heavy atom. The summed E-state index contributed by atoms with van der Waals surface area (Å²) in [6, 6.07) is 9.31. The van der Waals surface area contributed by atoms with E-state index >= 15 is 0 Å². The molecule has 1 heterocycles. The Bertz CT molecular complexity index is 647. The average molecular weight is 289 g/mol. The number of carbonyl (C=O) groups is 1. The molecule has 21 heavy (non-hydrogen) atoms. The highest BCUT2D eigenvalue weighted by atomic mass is 19.1. The molecular weight excluding hydrogens is 273 g/mol. The number of anilines is 2. The third-order valence-electron chi connectivity index (χ3n) is 2.73. The number of benzene rings is 1. The van der Waals surface area contributed by atoms with Crippen LogP contribution in [0.1, 0.15) is 17.4 Å². The summed E-state index contributed by atoms with van der Waals surface area (Å²) in [4.78, 5) is 16.2. The Labute approximate surface area is 122 Å². The molecule has 110 valence electrons. The Hall–Kier alpha value is -2.63. The fourth-order valence-electron chi connectivity index (χ4n) is 1.75. The second-order valence-corrected chi connectivity index (χ2v) is 4.19. The van der Waals surface area contributed by atoms with E-state index in [9.17, 15) is 9.18 Å². The summed E-state index contributed by atoms with van der Waals surface area (Å²) < 4.78 is 18.8. The van der Waals surface area contributed by atoms with Gasteiger partial charge in [-0.25, -0.2) is 9.37 Å². The summed E-state index contributed by atoms with van der Waals surface area (Å²) in [5.41, 5.74) is 0.591. The molecule has 0 spiro atoms. The molecule has 2 rings (SSSR count). The fourth-order valence-corrected chi connectivity index (χ4v) is 1.75. The minimum absolute atomic E-state index is 0.158. The molecule has 0 atom stereocenters. The molecule has 6 heteroatoms. The van der Waals surface area contributed by atoms with Gasteiger partial charge < -0.3 is 15.4 Å². The molecule has 1 aromatic heterocycles. The monoisotopic (exact) mass is 289 g/mol. The SMILES string of the molecule is CCOc1ccc(NC(=O)c2cccc(NC)n2)cc1F. The number of halogens is 1. The van der Waals surface area contributed by atoms with Gasteiger partial charge in [-0.05, 0) is 31.2 Å². The van der Waals surface area contributed by atoms with Crippen LogP contribution in [-0.2, 0) is 0 Å². The number of hydrogen-bond acceptors (Lipinski definition) is 4. The van der Waals surface area contributed by atoms with Gasteiger partial charge in [-0.2, -0.15) is 0 Å². The Kier molecular flexibility index (Phi) is 4.71. The van der Waals surface area contributed by atoms with E-state index in [1.165, 1.54) is 12.1 Å². The molecule has 1 amide bonds. The van der Waals surface area contributed by atoms with Crippen molar-refractivity contribution in [2.45, 2.75) is 6.92 Å². The van der Waals surface area contributed by atoms with E-state index < -0.39 is 11.7 Å². The summed E-state index contributed by atoms with van der Waals surface area (Å²) in [6.07, 6.45) is 0. The van der Waals surface area contributed by atoms with Crippen molar-refractivity contribution < 1.29 is 13.9 Å². The lowest BCUT2D eigenvalue weighted by molar-refractivity contribution is 0.102. The Morgan fingerprint density at radius 3 is 2.81 bits per heavy atom. The topological polar surface area (TPSA) is 63.2 Å². The van der Waals surface area contributed by atoms with Gasteiger partial charge in [0.15, 0.2) is 11.6 Å². The number of carbonyl (C=O) groups excluding carboxylic acids is 1. The summed E-state index contributed by atoms with van der Waals surface area (Å²) in [7, 11) is 1.71. The van der Waals surface area contributed by atoms with Crippen molar-refractivity contribution in [2.24, 2.45) is 0 Å². The van der Waals surface area contributed by atoms with Gasteiger partial charge in [-0.1, -0.05) is 6.07 Å². The summed E-state index contributed by atoms with van der Waals surface area (Å²) in [5.74, 6) is -0.187. The van der Waals surface area contributed by atoms with Crippen molar-refractivity contribution in [2.75, 3.05) is 24.3 Å². The third kappa shape index (κ3) is 3.68. The van der Waals surface area contributed by atoms with Crippen molar-refractivity contribution >= 4 is 17.4 Å². The van der Waals surface area contributed by atoms with Crippen LogP contribution in [0.2, 0.25) is 0 Å². The molecule has 5 nitrogen and oxygen atoms in total. The molecule has 0 aliphatic rings. The van der Waals surface area contributed by atoms with E-state index in [2.05, 4.69) is 15.6 Å². The minimum Gasteiger partial charge on any atom is -0.491 e. The van der Waals surface area contributed by atoms with Crippen molar-refractivity contribution in [1.82, 2.24) is 4.98 Å². The predicted molar refractivity (Wildman–Crippen MR) is 79.3 cm³/mol. The van der Waals surface area contributed by atoms with Crippen LogP contribution in [0.15, 0.2) is 36.4 Å². The maximum absolute atomic E-state index is 13.7. The molecule has 0 radical (unpaired) electrons. The van der Waals surface area contributed by atoms with E-state index in [0.29, 0.717) is 18.1 Å². The van der Waals surface area contributed by atoms with Crippen LogP contribution in [0.5, 0.6) is 5.75 Å². The number of nitrogens with one attached hydrogen (secondary N) is 2. The van der Waals surface area contributed by atoms with Gasteiger partial charge in [0, 0.05) is 18.8 Å². The molecule has 2 aromatic rings. The normalized spacial score (nSPS) is 10.0.